The van der Waals surface area contributed by atoms with Crippen LogP contribution in [0.25, 0.3) is 21.9 Å². The highest BCUT2D eigenvalue weighted by Gasteiger charge is 2.36. The van der Waals surface area contributed by atoms with E-state index in [1.165, 1.54) is 27.5 Å². The van der Waals surface area contributed by atoms with Crippen molar-refractivity contribution in [1.82, 2.24) is 0 Å². The summed E-state index contributed by atoms with van der Waals surface area (Å²) in [5.41, 5.74) is 9.97. The Kier molecular flexibility index (Phi) is 3.12. The van der Waals surface area contributed by atoms with Crippen LogP contribution in [0.5, 0.6) is 5.75 Å². The van der Waals surface area contributed by atoms with Crippen LogP contribution < -0.4 is 10.5 Å². The van der Waals surface area contributed by atoms with Crippen LogP contribution in [0.15, 0.2) is 60.7 Å². The molecule has 1 aliphatic rings. The minimum Gasteiger partial charge on any atom is -0.497 e. The molecule has 2 N–H and O–H groups in total. The Morgan fingerprint density at radius 3 is 2.41 bits per heavy atom. The SMILES string of the molecule is COc1ccc2cc(-c3ccccc3)cc(C3CC3N)c2c1. The lowest BCUT2D eigenvalue weighted by atomic mass is 9.94. The van der Waals surface area contributed by atoms with Crippen molar-refractivity contribution in [3.8, 4) is 16.9 Å². The van der Waals surface area contributed by atoms with Gasteiger partial charge < -0.3 is 10.5 Å². The minimum absolute atomic E-state index is 0.292. The molecule has 0 bridgehead atoms. The van der Waals surface area contributed by atoms with Crippen LogP contribution in [0.2, 0.25) is 0 Å². The molecule has 22 heavy (non-hydrogen) atoms. The second-order valence-electron chi connectivity index (χ2n) is 6.02. The number of ether oxygens (including phenoxy) is 1. The molecule has 0 aliphatic heterocycles. The zero-order valence-electron chi connectivity index (χ0n) is 12.6. The fourth-order valence-corrected chi connectivity index (χ4v) is 3.17. The molecule has 110 valence electrons. The first-order valence-electron chi connectivity index (χ1n) is 7.69. The zero-order chi connectivity index (χ0) is 15.1. The third-order valence-corrected chi connectivity index (χ3v) is 4.54. The van der Waals surface area contributed by atoms with Crippen LogP contribution in [0.4, 0.5) is 0 Å². The van der Waals surface area contributed by atoms with Crippen LogP contribution in [-0.2, 0) is 0 Å². The number of hydrogen-bond donors (Lipinski definition) is 1. The predicted octanol–water partition coefficient (Wildman–Crippen LogP) is 4.33. The summed E-state index contributed by atoms with van der Waals surface area (Å²) in [7, 11) is 1.71. The molecular weight excluding hydrogens is 270 g/mol. The van der Waals surface area contributed by atoms with Crippen LogP contribution in [0.1, 0.15) is 17.9 Å². The lowest BCUT2D eigenvalue weighted by molar-refractivity contribution is 0.415. The van der Waals surface area contributed by atoms with Gasteiger partial charge in [-0.25, -0.2) is 0 Å². The maximum atomic E-state index is 6.12. The molecule has 2 atom stereocenters. The Bertz CT molecular complexity index is 826. The highest BCUT2D eigenvalue weighted by atomic mass is 16.5. The molecule has 0 aromatic heterocycles. The number of rotatable bonds is 3. The van der Waals surface area contributed by atoms with Crippen molar-refractivity contribution in [2.24, 2.45) is 5.73 Å². The third kappa shape index (κ3) is 2.26. The molecule has 2 nitrogen and oxygen atoms in total. The number of methoxy groups -OCH3 is 1. The van der Waals surface area contributed by atoms with Gasteiger partial charge in [-0.05, 0) is 52.1 Å². The second-order valence-corrected chi connectivity index (χ2v) is 6.02. The number of nitrogens with two attached hydrogens (primary N) is 1. The predicted molar refractivity (Wildman–Crippen MR) is 91.3 cm³/mol. The van der Waals surface area contributed by atoms with E-state index >= 15 is 0 Å². The summed E-state index contributed by atoms with van der Waals surface area (Å²) < 4.78 is 5.39. The van der Waals surface area contributed by atoms with Gasteiger partial charge in [-0.3, -0.25) is 0 Å². The molecule has 1 aliphatic carbocycles. The van der Waals surface area contributed by atoms with E-state index in [1.807, 2.05) is 12.1 Å². The van der Waals surface area contributed by atoms with Crippen molar-refractivity contribution in [2.45, 2.75) is 18.4 Å². The molecule has 3 aromatic carbocycles. The van der Waals surface area contributed by atoms with Gasteiger partial charge in [0.15, 0.2) is 0 Å². The molecule has 0 saturated heterocycles. The van der Waals surface area contributed by atoms with Gasteiger partial charge >= 0.3 is 0 Å². The van der Waals surface area contributed by atoms with E-state index in [0.717, 1.165) is 12.2 Å². The summed E-state index contributed by atoms with van der Waals surface area (Å²) in [5.74, 6) is 1.37. The Morgan fingerprint density at radius 2 is 1.73 bits per heavy atom. The fraction of sp³-hybridized carbons (Fsp3) is 0.200. The van der Waals surface area contributed by atoms with E-state index in [4.69, 9.17) is 10.5 Å². The smallest absolute Gasteiger partial charge is 0.119 e. The standard InChI is InChI=1S/C20H19NO/c1-22-16-8-7-14-9-15(13-5-3-2-4-6-13)10-18(17(14)11-16)19-12-20(19)21/h2-11,19-20H,12,21H2,1H3. The third-order valence-electron chi connectivity index (χ3n) is 4.54. The maximum Gasteiger partial charge on any atom is 0.119 e. The normalized spacial score (nSPS) is 20.1. The molecular formula is C20H19NO. The molecule has 2 heteroatoms. The highest BCUT2D eigenvalue weighted by Crippen LogP contribution is 2.44. The Hall–Kier alpha value is -2.32. The molecule has 2 unspecified atom stereocenters. The van der Waals surface area contributed by atoms with Gasteiger partial charge in [0.05, 0.1) is 7.11 Å². The quantitative estimate of drug-likeness (QED) is 0.779. The van der Waals surface area contributed by atoms with Gasteiger partial charge in [-0.1, -0.05) is 42.5 Å². The zero-order valence-corrected chi connectivity index (χ0v) is 12.6. The molecule has 1 fully saturated rings. The lowest BCUT2D eigenvalue weighted by Gasteiger charge is -2.12. The van der Waals surface area contributed by atoms with E-state index in [2.05, 4.69) is 48.5 Å². The molecule has 0 radical (unpaired) electrons. The van der Waals surface area contributed by atoms with Gasteiger partial charge in [-0.15, -0.1) is 0 Å². The topological polar surface area (TPSA) is 35.2 Å². The maximum absolute atomic E-state index is 6.12. The van der Waals surface area contributed by atoms with Gasteiger partial charge in [0.25, 0.3) is 0 Å². The molecule has 0 spiro atoms. The van der Waals surface area contributed by atoms with Gasteiger partial charge in [-0.2, -0.15) is 0 Å². The van der Waals surface area contributed by atoms with Crippen LogP contribution in [0.3, 0.4) is 0 Å². The highest BCUT2D eigenvalue weighted by molar-refractivity contribution is 5.92. The Morgan fingerprint density at radius 1 is 0.955 bits per heavy atom. The van der Waals surface area contributed by atoms with E-state index in [1.54, 1.807) is 7.11 Å². The average molecular weight is 289 g/mol. The number of hydrogen-bond acceptors (Lipinski definition) is 2. The van der Waals surface area contributed by atoms with Gasteiger partial charge in [0, 0.05) is 12.0 Å². The Balaban J connectivity index is 1.94. The van der Waals surface area contributed by atoms with Crippen molar-refractivity contribution >= 4 is 10.8 Å². The van der Waals surface area contributed by atoms with Crippen molar-refractivity contribution < 1.29 is 4.74 Å². The van der Waals surface area contributed by atoms with Crippen molar-refractivity contribution in [3.63, 3.8) is 0 Å². The van der Waals surface area contributed by atoms with Crippen LogP contribution in [-0.4, -0.2) is 13.2 Å². The number of fused-ring (bicyclic) bond motifs is 1. The summed E-state index contributed by atoms with van der Waals surface area (Å²) in [6, 6.07) is 21.6. The van der Waals surface area contributed by atoms with Crippen LogP contribution in [0, 0.1) is 0 Å². The van der Waals surface area contributed by atoms with E-state index in [9.17, 15) is 0 Å². The fourth-order valence-electron chi connectivity index (χ4n) is 3.17. The second kappa shape index (κ2) is 5.15. The average Bonchev–Trinajstić information content (AvgIpc) is 3.30. The molecule has 0 heterocycles. The summed E-state index contributed by atoms with van der Waals surface area (Å²) in [4.78, 5) is 0. The van der Waals surface area contributed by atoms with Gasteiger partial charge in [0.1, 0.15) is 5.75 Å². The first-order chi connectivity index (χ1) is 10.8. The summed E-state index contributed by atoms with van der Waals surface area (Å²) in [5, 5.41) is 2.51. The molecule has 0 amide bonds. The molecule has 3 aromatic rings. The number of benzene rings is 3. The van der Waals surface area contributed by atoms with E-state index in [-0.39, 0.29) is 0 Å². The minimum atomic E-state index is 0.292. The lowest BCUT2D eigenvalue weighted by Crippen LogP contribution is -2.01. The van der Waals surface area contributed by atoms with Crippen molar-refractivity contribution in [2.75, 3.05) is 7.11 Å². The van der Waals surface area contributed by atoms with Gasteiger partial charge in [0.2, 0.25) is 0 Å². The Labute approximate surface area is 130 Å². The largest absolute Gasteiger partial charge is 0.497 e. The van der Waals surface area contributed by atoms with Crippen LogP contribution >= 0.6 is 0 Å². The van der Waals surface area contributed by atoms with E-state index in [0.29, 0.717) is 12.0 Å². The first kappa shape index (κ1) is 13.4. The van der Waals surface area contributed by atoms with E-state index < -0.39 is 0 Å². The molecule has 1 saturated carbocycles. The summed E-state index contributed by atoms with van der Waals surface area (Å²) >= 11 is 0. The monoisotopic (exact) mass is 289 g/mol. The summed E-state index contributed by atoms with van der Waals surface area (Å²) in [6.45, 7) is 0. The van der Waals surface area contributed by atoms with Crippen molar-refractivity contribution in [3.05, 3.63) is 66.2 Å². The summed E-state index contributed by atoms with van der Waals surface area (Å²) in [6.07, 6.45) is 1.07. The first-order valence-corrected chi connectivity index (χ1v) is 7.69. The molecule has 4 rings (SSSR count). The van der Waals surface area contributed by atoms with Crippen molar-refractivity contribution in [1.29, 1.82) is 0 Å².